The summed E-state index contributed by atoms with van der Waals surface area (Å²) in [5.74, 6) is 0.978. The van der Waals surface area contributed by atoms with Crippen molar-refractivity contribution in [2.24, 2.45) is 0 Å². The molecular formula is C21H33NO2. The average molecular weight is 332 g/mol. The number of amides is 1. The lowest BCUT2D eigenvalue weighted by atomic mass is 9.88. The van der Waals surface area contributed by atoms with E-state index in [1.165, 1.54) is 16.7 Å². The molecule has 134 valence electrons. The van der Waals surface area contributed by atoms with Crippen LogP contribution in [-0.4, -0.2) is 18.2 Å². The maximum atomic E-state index is 11.6. The van der Waals surface area contributed by atoms with Crippen LogP contribution >= 0.6 is 0 Å². The summed E-state index contributed by atoms with van der Waals surface area (Å²) in [5.41, 5.74) is 3.61. The highest BCUT2D eigenvalue weighted by molar-refractivity contribution is 5.67. The summed E-state index contributed by atoms with van der Waals surface area (Å²) < 4.78 is 5.23. The molecule has 0 heterocycles. The van der Waals surface area contributed by atoms with Gasteiger partial charge in [-0.3, -0.25) is 0 Å². The normalized spacial score (nSPS) is 12.2. The first-order valence-electron chi connectivity index (χ1n) is 8.88. The van der Waals surface area contributed by atoms with Crippen molar-refractivity contribution in [1.29, 1.82) is 0 Å². The quantitative estimate of drug-likeness (QED) is 0.663. The third kappa shape index (κ3) is 6.77. The summed E-state index contributed by atoms with van der Waals surface area (Å²) >= 11 is 0. The number of benzene rings is 1. The van der Waals surface area contributed by atoms with Gasteiger partial charge in [-0.25, -0.2) is 4.79 Å². The van der Waals surface area contributed by atoms with E-state index in [9.17, 15) is 4.79 Å². The van der Waals surface area contributed by atoms with Crippen molar-refractivity contribution >= 4 is 12.2 Å². The first kappa shape index (κ1) is 20.3. The molecule has 1 aromatic rings. The topological polar surface area (TPSA) is 38.3 Å². The fourth-order valence-corrected chi connectivity index (χ4v) is 2.57. The van der Waals surface area contributed by atoms with Crippen LogP contribution in [0.3, 0.4) is 0 Å². The summed E-state index contributed by atoms with van der Waals surface area (Å²) in [7, 11) is 0. The largest absolute Gasteiger partial charge is 0.444 e. The van der Waals surface area contributed by atoms with Crippen molar-refractivity contribution in [2.75, 3.05) is 6.54 Å². The van der Waals surface area contributed by atoms with Gasteiger partial charge < -0.3 is 10.1 Å². The number of hydrogen-bond donors (Lipinski definition) is 1. The van der Waals surface area contributed by atoms with Gasteiger partial charge in [0.1, 0.15) is 5.60 Å². The molecule has 0 aliphatic heterocycles. The van der Waals surface area contributed by atoms with Crippen molar-refractivity contribution < 1.29 is 9.53 Å². The van der Waals surface area contributed by atoms with Gasteiger partial charge in [0.15, 0.2) is 0 Å². The smallest absolute Gasteiger partial charge is 0.407 e. The Balaban J connectivity index is 2.69. The number of carbonyl (C=O) groups excluding carboxylic acids is 1. The van der Waals surface area contributed by atoms with E-state index in [1.807, 2.05) is 20.8 Å². The van der Waals surface area contributed by atoms with Gasteiger partial charge in [0.2, 0.25) is 0 Å². The van der Waals surface area contributed by atoms with Crippen LogP contribution in [0.25, 0.3) is 6.08 Å². The van der Waals surface area contributed by atoms with Crippen LogP contribution in [0.5, 0.6) is 0 Å². The van der Waals surface area contributed by atoms with Gasteiger partial charge in [0.05, 0.1) is 0 Å². The highest BCUT2D eigenvalue weighted by Gasteiger charge is 2.15. The minimum absolute atomic E-state index is 0.360. The second-order valence-corrected chi connectivity index (χ2v) is 7.78. The maximum Gasteiger partial charge on any atom is 0.407 e. The molecule has 1 amide bonds. The Labute approximate surface area is 147 Å². The Morgan fingerprint density at radius 1 is 1.12 bits per heavy atom. The number of carbonyl (C=O) groups is 1. The molecule has 3 heteroatoms. The summed E-state index contributed by atoms with van der Waals surface area (Å²) in [4.78, 5) is 11.6. The predicted molar refractivity (Wildman–Crippen MR) is 103 cm³/mol. The second-order valence-electron chi connectivity index (χ2n) is 7.78. The Morgan fingerprint density at radius 2 is 1.67 bits per heavy atom. The Hall–Kier alpha value is -1.77. The Morgan fingerprint density at radius 3 is 2.12 bits per heavy atom. The first-order chi connectivity index (χ1) is 11.1. The zero-order valence-corrected chi connectivity index (χ0v) is 16.3. The van der Waals surface area contributed by atoms with Gasteiger partial charge in [-0.05, 0) is 55.7 Å². The monoisotopic (exact) mass is 331 g/mol. The molecule has 0 atom stereocenters. The molecule has 0 aliphatic rings. The molecule has 0 aromatic heterocycles. The molecule has 0 bridgehead atoms. The standard InChI is InChI=1S/C21H33NO2/c1-15(2)17-12-10-13-18(16(3)4)19(17)11-8-9-14-22-20(23)24-21(5,6)7/h8,10-13,15-16H,9,14H2,1-7H3,(H,22,23). The van der Waals surface area contributed by atoms with E-state index in [0.717, 1.165) is 6.42 Å². The lowest BCUT2D eigenvalue weighted by Gasteiger charge is -2.19. The van der Waals surface area contributed by atoms with Crippen LogP contribution < -0.4 is 5.32 Å². The van der Waals surface area contributed by atoms with E-state index in [1.54, 1.807) is 0 Å². The van der Waals surface area contributed by atoms with E-state index in [-0.39, 0.29) is 6.09 Å². The minimum Gasteiger partial charge on any atom is -0.444 e. The van der Waals surface area contributed by atoms with E-state index < -0.39 is 5.60 Å². The van der Waals surface area contributed by atoms with Crippen molar-refractivity contribution in [2.45, 2.75) is 72.3 Å². The number of hydrogen-bond acceptors (Lipinski definition) is 2. The molecule has 0 spiro atoms. The predicted octanol–water partition coefficient (Wildman–Crippen LogP) is 5.86. The van der Waals surface area contributed by atoms with E-state index >= 15 is 0 Å². The average Bonchev–Trinajstić information content (AvgIpc) is 2.44. The van der Waals surface area contributed by atoms with Crippen LogP contribution in [0.15, 0.2) is 24.3 Å². The first-order valence-corrected chi connectivity index (χ1v) is 8.88. The van der Waals surface area contributed by atoms with E-state index in [4.69, 9.17) is 4.74 Å². The lowest BCUT2D eigenvalue weighted by molar-refractivity contribution is 0.0529. The van der Waals surface area contributed by atoms with Gasteiger partial charge in [-0.15, -0.1) is 0 Å². The highest BCUT2D eigenvalue weighted by atomic mass is 16.6. The van der Waals surface area contributed by atoms with Crippen molar-refractivity contribution in [3.8, 4) is 0 Å². The third-order valence-electron chi connectivity index (χ3n) is 3.68. The number of nitrogens with one attached hydrogen (secondary N) is 1. The van der Waals surface area contributed by atoms with E-state index in [2.05, 4.69) is 63.4 Å². The summed E-state index contributed by atoms with van der Waals surface area (Å²) in [6.45, 7) is 15.1. The number of rotatable bonds is 6. The van der Waals surface area contributed by atoms with Gasteiger partial charge in [0.25, 0.3) is 0 Å². The molecule has 0 saturated heterocycles. The van der Waals surface area contributed by atoms with Crippen LogP contribution in [0.4, 0.5) is 4.79 Å². The molecule has 1 aromatic carbocycles. The highest BCUT2D eigenvalue weighted by Crippen LogP contribution is 2.28. The zero-order chi connectivity index (χ0) is 18.3. The third-order valence-corrected chi connectivity index (χ3v) is 3.68. The molecule has 1 N–H and O–H groups in total. The van der Waals surface area contributed by atoms with Crippen LogP contribution in [0.1, 0.15) is 83.4 Å². The van der Waals surface area contributed by atoms with Gasteiger partial charge in [-0.2, -0.15) is 0 Å². The van der Waals surface area contributed by atoms with Crippen LogP contribution in [-0.2, 0) is 4.74 Å². The Kier molecular flexibility index (Phi) is 7.53. The van der Waals surface area contributed by atoms with Crippen molar-refractivity contribution in [1.82, 2.24) is 5.32 Å². The number of ether oxygens (including phenoxy) is 1. The fraction of sp³-hybridized carbons (Fsp3) is 0.571. The van der Waals surface area contributed by atoms with Gasteiger partial charge in [0, 0.05) is 6.54 Å². The van der Waals surface area contributed by atoms with Gasteiger partial charge in [-0.1, -0.05) is 58.0 Å². The van der Waals surface area contributed by atoms with Crippen molar-refractivity contribution in [3.05, 3.63) is 41.0 Å². The summed E-state index contributed by atoms with van der Waals surface area (Å²) in [6, 6.07) is 6.55. The molecule has 1 rings (SSSR count). The minimum atomic E-state index is -0.456. The lowest BCUT2D eigenvalue weighted by Crippen LogP contribution is -2.32. The SMILES string of the molecule is CC(C)c1cccc(C(C)C)c1C=CCCNC(=O)OC(C)(C)C. The second kappa shape index (κ2) is 8.91. The number of alkyl carbamates (subject to hydrolysis) is 1. The Bertz CT molecular complexity index is 539. The fourth-order valence-electron chi connectivity index (χ4n) is 2.57. The molecule has 0 fully saturated rings. The summed E-state index contributed by atoms with van der Waals surface area (Å²) in [6.07, 6.45) is 4.75. The maximum absolute atomic E-state index is 11.6. The summed E-state index contributed by atoms with van der Waals surface area (Å²) in [5, 5.41) is 2.79. The molecule has 0 radical (unpaired) electrons. The molecule has 0 unspecified atom stereocenters. The van der Waals surface area contributed by atoms with Crippen molar-refractivity contribution in [3.63, 3.8) is 0 Å². The molecule has 0 aliphatic carbocycles. The molecule has 3 nitrogen and oxygen atoms in total. The van der Waals surface area contributed by atoms with E-state index in [0.29, 0.717) is 18.4 Å². The van der Waals surface area contributed by atoms with Crippen LogP contribution in [0, 0.1) is 0 Å². The van der Waals surface area contributed by atoms with Crippen LogP contribution in [0.2, 0.25) is 0 Å². The molecule has 24 heavy (non-hydrogen) atoms. The molecule has 0 saturated carbocycles. The molecular weight excluding hydrogens is 298 g/mol. The van der Waals surface area contributed by atoms with Gasteiger partial charge >= 0.3 is 6.09 Å². The zero-order valence-electron chi connectivity index (χ0n) is 16.3.